The molecule has 0 N–H and O–H groups in total. The summed E-state index contributed by atoms with van der Waals surface area (Å²) in [6, 6.07) is 18.3. The zero-order valence-corrected chi connectivity index (χ0v) is 17.8. The van der Waals surface area contributed by atoms with Gasteiger partial charge in [-0.15, -0.1) is 0 Å². The largest absolute Gasteiger partial charge is 0.496 e. The number of sulfone groups is 1. The molecule has 0 spiro atoms. The molecule has 29 heavy (non-hydrogen) atoms. The summed E-state index contributed by atoms with van der Waals surface area (Å²) in [7, 11) is 0.614. The topological polar surface area (TPSA) is 61.8 Å². The Hall–Kier alpha value is -2.70. The Bertz CT molecular complexity index is 1050. The molecule has 0 bridgehead atoms. The van der Waals surface area contributed by atoms with Gasteiger partial charge in [0, 0.05) is 17.2 Å². The molecule has 7 heteroatoms. The van der Waals surface area contributed by atoms with Crippen molar-refractivity contribution in [3.63, 3.8) is 0 Å². The highest BCUT2D eigenvalue weighted by atomic mass is 35.5. The van der Waals surface area contributed by atoms with Crippen molar-refractivity contribution in [1.29, 1.82) is 0 Å². The lowest BCUT2D eigenvalue weighted by molar-refractivity contribution is 0.369. The van der Waals surface area contributed by atoms with Gasteiger partial charge in [0.2, 0.25) is 0 Å². The number of methoxy groups -OCH3 is 3. The summed E-state index contributed by atoms with van der Waals surface area (Å²) in [6.45, 7) is 0. The molecule has 0 aromatic heterocycles. The Morgan fingerprint density at radius 2 is 1.34 bits per heavy atom. The van der Waals surface area contributed by atoms with E-state index in [2.05, 4.69) is 0 Å². The van der Waals surface area contributed by atoms with Crippen molar-refractivity contribution in [2.75, 3.05) is 21.3 Å². The maximum Gasteiger partial charge on any atom is 0.189 e. The van der Waals surface area contributed by atoms with Gasteiger partial charge in [-0.25, -0.2) is 8.42 Å². The van der Waals surface area contributed by atoms with Crippen molar-refractivity contribution in [2.24, 2.45) is 0 Å². The minimum absolute atomic E-state index is 0.149. The minimum atomic E-state index is -3.87. The average molecular weight is 433 g/mol. The van der Waals surface area contributed by atoms with Crippen LogP contribution in [0.3, 0.4) is 0 Å². The van der Waals surface area contributed by atoms with E-state index in [9.17, 15) is 8.42 Å². The Labute approximate surface area is 175 Å². The van der Waals surface area contributed by atoms with E-state index < -0.39 is 15.1 Å². The van der Waals surface area contributed by atoms with Gasteiger partial charge in [-0.1, -0.05) is 41.9 Å². The smallest absolute Gasteiger partial charge is 0.189 e. The molecule has 0 aliphatic rings. The molecule has 0 saturated heterocycles. The lowest BCUT2D eigenvalue weighted by Crippen LogP contribution is -2.17. The molecule has 3 aromatic carbocycles. The van der Waals surface area contributed by atoms with Crippen molar-refractivity contribution in [3.8, 4) is 17.2 Å². The van der Waals surface area contributed by atoms with E-state index in [0.29, 0.717) is 33.4 Å². The molecule has 0 aliphatic heterocycles. The zero-order chi connectivity index (χ0) is 21.0. The molecule has 3 rings (SSSR count). The summed E-state index contributed by atoms with van der Waals surface area (Å²) in [4.78, 5) is 0.149. The van der Waals surface area contributed by atoms with Crippen molar-refractivity contribution < 1.29 is 22.6 Å². The summed E-state index contributed by atoms with van der Waals surface area (Å²) in [5.74, 6) is 1.21. The van der Waals surface area contributed by atoms with Crippen molar-refractivity contribution in [3.05, 3.63) is 82.9 Å². The zero-order valence-electron chi connectivity index (χ0n) is 16.3. The summed E-state index contributed by atoms with van der Waals surface area (Å²) in [6.07, 6.45) is 0. The van der Waals surface area contributed by atoms with Gasteiger partial charge < -0.3 is 14.2 Å². The van der Waals surface area contributed by atoms with Crippen LogP contribution in [0.1, 0.15) is 16.4 Å². The van der Waals surface area contributed by atoms with Crippen LogP contribution in [0.5, 0.6) is 17.2 Å². The predicted molar refractivity (Wildman–Crippen MR) is 113 cm³/mol. The van der Waals surface area contributed by atoms with E-state index in [-0.39, 0.29) is 4.90 Å². The predicted octanol–water partition coefficient (Wildman–Crippen LogP) is 4.93. The van der Waals surface area contributed by atoms with Gasteiger partial charge in [0.1, 0.15) is 22.5 Å². The van der Waals surface area contributed by atoms with Gasteiger partial charge in [-0.05, 0) is 29.8 Å². The maximum absolute atomic E-state index is 13.7. The van der Waals surface area contributed by atoms with E-state index in [1.807, 2.05) is 6.07 Å². The van der Waals surface area contributed by atoms with Gasteiger partial charge in [0.05, 0.1) is 31.8 Å². The number of rotatable bonds is 7. The molecule has 0 fully saturated rings. The van der Waals surface area contributed by atoms with Crippen LogP contribution in [0, 0.1) is 0 Å². The van der Waals surface area contributed by atoms with E-state index in [4.69, 9.17) is 25.8 Å². The standard InChI is InChI=1S/C22H21ClO5S/c1-26-17-13-19(27-2)21(20(14-17)28-3)22(15-7-5-4-6-8-15)29(24,25)18-11-9-16(23)10-12-18/h4-14,22H,1-3H3. The second-order valence-corrected chi connectivity index (χ2v) is 8.70. The summed E-state index contributed by atoms with van der Waals surface area (Å²) < 4.78 is 43.9. The molecule has 0 heterocycles. The van der Waals surface area contributed by atoms with Crippen molar-refractivity contribution in [2.45, 2.75) is 10.1 Å². The molecular weight excluding hydrogens is 412 g/mol. The first-order valence-electron chi connectivity index (χ1n) is 8.76. The van der Waals surface area contributed by atoms with Crippen molar-refractivity contribution >= 4 is 21.4 Å². The summed E-state index contributed by atoms with van der Waals surface area (Å²) in [5, 5.41) is -0.597. The molecule has 0 aliphatic carbocycles. The van der Waals surface area contributed by atoms with Crippen LogP contribution in [0.4, 0.5) is 0 Å². The molecule has 3 aromatic rings. The number of hydrogen-bond donors (Lipinski definition) is 0. The first kappa shape index (κ1) is 21.0. The molecule has 1 unspecified atom stereocenters. The SMILES string of the molecule is COc1cc(OC)c(C(c2ccccc2)S(=O)(=O)c2ccc(Cl)cc2)c(OC)c1. The highest BCUT2D eigenvalue weighted by molar-refractivity contribution is 7.92. The molecular formula is C22H21ClO5S. The Morgan fingerprint density at radius 1 is 0.793 bits per heavy atom. The maximum atomic E-state index is 13.7. The number of halogens is 1. The normalized spacial score (nSPS) is 12.3. The second-order valence-electron chi connectivity index (χ2n) is 6.24. The van der Waals surface area contributed by atoms with Crippen LogP contribution < -0.4 is 14.2 Å². The molecule has 152 valence electrons. The van der Waals surface area contributed by atoms with Gasteiger partial charge in [0.25, 0.3) is 0 Å². The fourth-order valence-electron chi connectivity index (χ4n) is 3.18. The number of hydrogen-bond acceptors (Lipinski definition) is 5. The van der Waals surface area contributed by atoms with Crippen LogP contribution in [0.15, 0.2) is 71.6 Å². The summed E-state index contributed by atoms with van der Waals surface area (Å²) >= 11 is 5.96. The Balaban J connectivity index is 2.33. The first-order valence-corrected chi connectivity index (χ1v) is 10.7. The van der Waals surface area contributed by atoms with Gasteiger partial charge >= 0.3 is 0 Å². The van der Waals surface area contributed by atoms with E-state index >= 15 is 0 Å². The lowest BCUT2D eigenvalue weighted by atomic mass is 10.0. The van der Waals surface area contributed by atoms with Gasteiger partial charge in [0.15, 0.2) is 9.84 Å². The number of benzene rings is 3. The van der Waals surface area contributed by atoms with Gasteiger partial charge in [-0.3, -0.25) is 0 Å². The van der Waals surface area contributed by atoms with Crippen LogP contribution in [-0.4, -0.2) is 29.7 Å². The Morgan fingerprint density at radius 3 is 1.83 bits per heavy atom. The second kappa shape index (κ2) is 8.76. The third-order valence-corrected chi connectivity index (χ3v) is 6.88. The third kappa shape index (κ3) is 4.18. The molecule has 0 saturated carbocycles. The van der Waals surface area contributed by atoms with Crippen LogP contribution in [0.2, 0.25) is 5.02 Å². The van der Waals surface area contributed by atoms with Gasteiger partial charge in [-0.2, -0.15) is 0 Å². The fourth-order valence-corrected chi connectivity index (χ4v) is 5.15. The van der Waals surface area contributed by atoms with Crippen LogP contribution >= 0.6 is 11.6 Å². The van der Waals surface area contributed by atoms with E-state index in [0.717, 1.165) is 0 Å². The minimum Gasteiger partial charge on any atom is -0.496 e. The van der Waals surface area contributed by atoms with E-state index in [1.54, 1.807) is 48.5 Å². The molecule has 0 amide bonds. The summed E-state index contributed by atoms with van der Waals surface area (Å²) in [5.41, 5.74) is 0.987. The fraction of sp³-hybridized carbons (Fsp3) is 0.182. The lowest BCUT2D eigenvalue weighted by Gasteiger charge is -2.24. The van der Waals surface area contributed by atoms with Crippen LogP contribution in [0.25, 0.3) is 0 Å². The van der Waals surface area contributed by atoms with Crippen LogP contribution in [-0.2, 0) is 9.84 Å². The molecule has 0 radical (unpaired) electrons. The highest BCUT2D eigenvalue weighted by Gasteiger charge is 2.36. The number of ether oxygens (including phenoxy) is 3. The first-order chi connectivity index (χ1) is 13.9. The monoisotopic (exact) mass is 432 g/mol. The average Bonchev–Trinajstić information content (AvgIpc) is 2.74. The quantitative estimate of drug-likeness (QED) is 0.529. The van der Waals surface area contributed by atoms with Crippen molar-refractivity contribution in [1.82, 2.24) is 0 Å². The highest BCUT2D eigenvalue weighted by Crippen LogP contribution is 2.46. The van der Waals surface area contributed by atoms with E-state index in [1.165, 1.54) is 33.5 Å². The Kier molecular flexibility index (Phi) is 6.35. The molecule has 1 atom stereocenters. The third-order valence-electron chi connectivity index (χ3n) is 4.57. The molecule has 5 nitrogen and oxygen atoms in total.